The highest BCUT2D eigenvalue weighted by atomic mass is 35.5. The molecule has 0 fully saturated rings. The van der Waals surface area contributed by atoms with Gasteiger partial charge in [0, 0.05) is 16.1 Å². The van der Waals surface area contributed by atoms with Gasteiger partial charge in [-0.05, 0) is 31.2 Å². The van der Waals surface area contributed by atoms with Gasteiger partial charge in [-0.15, -0.1) is 0 Å². The first-order chi connectivity index (χ1) is 16.3. The number of carbonyl (C=O) groups excluding carboxylic acids is 4. The molecule has 0 aromatic heterocycles. The summed E-state index contributed by atoms with van der Waals surface area (Å²) in [6.45, 7) is 1.22. The molecule has 0 saturated carbocycles. The van der Waals surface area contributed by atoms with Crippen LogP contribution in [0.5, 0.6) is 5.75 Å². The van der Waals surface area contributed by atoms with E-state index in [1.165, 1.54) is 31.4 Å². The highest BCUT2D eigenvalue weighted by molar-refractivity contribution is 6.31. The lowest BCUT2D eigenvalue weighted by Crippen LogP contribution is -2.43. The second kappa shape index (κ2) is 11.1. The van der Waals surface area contributed by atoms with Crippen LogP contribution in [-0.2, 0) is 9.53 Å². The van der Waals surface area contributed by atoms with E-state index >= 15 is 0 Å². The molecule has 0 saturated heterocycles. The SMILES string of the molecule is COc1ccc(Cl)cc1C(=O)NNC(=O)COC(=O)c1ccccc1C(=O)c1ccc(C)cc1. The van der Waals surface area contributed by atoms with Gasteiger partial charge in [-0.2, -0.15) is 0 Å². The Labute approximate surface area is 200 Å². The van der Waals surface area contributed by atoms with E-state index in [1.807, 2.05) is 6.92 Å². The van der Waals surface area contributed by atoms with Crippen LogP contribution in [0.1, 0.15) is 42.2 Å². The highest BCUT2D eigenvalue weighted by Crippen LogP contribution is 2.22. The summed E-state index contributed by atoms with van der Waals surface area (Å²) in [6.07, 6.45) is 0. The number of hydrazine groups is 1. The number of carbonyl (C=O) groups is 4. The number of aryl methyl sites for hydroxylation is 1. The molecular weight excluding hydrogens is 460 g/mol. The number of halogens is 1. The minimum absolute atomic E-state index is 0.0218. The Bertz CT molecular complexity index is 1240. The second-order valence-electron chi connectivity index (χ2n) is 7.16. The van der Waals surface area contributed by atoms with Crippen molar-refractivity contribution in [2.45, 2.75) is 6.92 Å². The summed E-state index contributed by atoms with van der Waals surface area (Å²) in [4.78, 5) is 49.8. The van der Waals surface area contributed by atoms with Crippen LogP contribution in [0.4, 0.5) is 0 Å². The van der Waals surface area contributed by atoms with E-state index in [4.69, 9.17) is 21.1 Å². The largest absolute Gasteiger partial charge is 0.496 e. The molecule has 9 heteroatoms. The van der Waals surface area contributed by atoms with Gasteiger partial charge in [0.15, 0.2) is 12.4 Å². The number of amides is 2. The van der Waals surface area contributed by atoms with Crippen LogP contribution in [-0.4, -0.2) is 37.3 Å². The third-order valence-corrected chi connectivity index (χ3v) is 5.00. The lowest BCUT2D eigenvalue weighted by Gasteiger charge is -2.12. The van der Waals surface area contributed by atoms with Crippen molar-refractivity contribution in [2.75, 3.05) is 13.7 Å². The zero-order valence-electron chi connectivity index (χ0n) is 18.4. The molecule has 8 nitrogen and oxygen atoms in total. The Morgan fingerprint density at radius 1 is 0.853 bits per heavy atom. The Morgan fingerprint density at radius 2 is 1.53 bits per heavy atom. The summed E-state index contributed by atoms with van der Waals surface area (Å²) >= 11 is 5.90. The van der Waals surface area contributed by atoms with Crippen molar-refractivity contribution in [3.05, 3.63) is 99.6 Å². The normalized spacial score (nSPS) is 10.2. The monoisotopic (exact) mass is 480 g/mol. The summed E-state index contributed by atoms with van der Waals surface area (Å²) in [5.41, 5.74) is 6.04. The van der Waals surface area contributed by atoms with Crippen molar-refractivity contribution in [3.63, 3.8) is 0 Å². The van der Waals surface area contributed by atoms with Gasteiger partial charge in [0.25, 0.3) is 11.8 Å². The average molecular weight is 481 g/mol. The number of benzene rings is 3. The first-order valence-electron chi connectivity index (χ1n) is 10.1. The molecule has 0 unspecified atom stereocenters. The fraction of sp³-hybridized carbons (Fsp3) is 0.120. The van der Waals surface area contributed by atoms with E-state index < -0.39 is 24.4 Å². The number of nitrogens with one attached hydrogen (secondary N) is 2. The Hall–Kier alpha value is -4.17. The number of ether oxygens (including phenoxy) is 2. The maximum absolute atomic E-state index is 12.9. The molecule has 0 aliphatic heterocycles. The third-order valence-electron chi connectivity index (χ3n) is 4.76. The molecule has 2 amide bonds. The fourth-order valence-electron chi connectivity index (χ4n) is 3.02. The smallest absolute Gasteiger partial charge is 0.339 e. The molecule has 34 heavy (non-hydrogen) atoms. The van der Waals surface area contributed by atoms with Crippen LogP contribution in [0, 0.1) is 6.92 Å². The summed E-state index contributed by atoms with van der Waals surface area (Å²) in [7, 11) is 1.39. The van der Waals surface area contributed by atoms with E-state index in [0.717, 1.165) is 5.56 Å². The van der Waals surface area contributed by atoms with Crippen LogP contribution < -0.4 is 15.6 Å². The topological polar surface area (TPSA) is 111 Å². The second-order valence-corrected chi connectivity index (χ2v) is 7.60. The number of hydrogen-bond acceptors (Lipinski definition) is 6. The highest BCUT2D eigenvalue weighted by Gasteiger charge is 2.20. The molecule has 0 aliphatic carbocycles. The maximum atomic E-state index is 12.9. The molecule has 3 rings (SSSR count). The van der Waals surface area contributed by atoms with Crippen LogP contribution in [0.3, 0.4) is 0 Å². The zero-order chi connectivity index (χ0) is 24.7. The molecule has 174 valence electrons. The molecule has 0 atom stereocenters. The predicted molar refractivity (Wildman–Crippen MR) is 125 cm³/mol. The minimum atomic E-state index is -0.853. The van der Waals surface area contributed by atoms with E-state index in [0.29, 0.717) is 10.6 Å². The van der Waals surface area contributed by atoms with E-state index in [9.17, 15) is 19.2 Å². The van der Waals surface area contributed by atoms with Crippen LogP contribution in [0.15, 0.2) is 66.7 Å². The number of rotatable bonds is 7. The maximum Gasteiger partial charge on any atom is 0.339 e. The Balaban J connectivity index is 1.60. The van der Waals surface area contributed by atoms with Gasteiger partial charge in [-0.25, -0.2) is 4.79 Å². The number of esters is 1. The first-order valence-corrected chi connectivity index (χ1v) is 10.5. The lowest BCUT2D eigenvalue weighted by molar-refractivity contribution is -0.125. The van der Waals surface area contributed by atoms with E-state index in [1.54, 1.807) is 42.5 Å². The van der Waals surface area contributed by atoms with Crippen molar-refractivity contribution >= 4 is 35.2 Å². The third kappa shape index (κ3) is 5.99. The predicted octanol–water partition coefficient (Wildman–Crippen LogP) is 3.51. The van der Waals surface area contributed by atoms with Crippen molar-refractivity contribution < 1.29 is 28.7 Å². The molecule has 0 radical (unpaired) electrons. The van der Waals surface area contributed by atoms with Gasteiger partial charge in [0.2, 0.25) is 0 Å². The summed E-state index contributed by atoms with van der Waals surface area (Å²) < 4.78 is 10.1. The van der Waals surface area contributed by atoms with Gasteiger partial charge in [0.1, 0.15) is 5.75 Å². The molecule has 2 N–H and O–H groups in total. The zero-order valence-corrected chi connectivity index (χ0v) is 19.1. The van der Waals surface area contributed by atoms with Gasteiger partial charge < -0.3 is 9.47 Å². The van der Waals surface area contributed by atoms with Crippen LogP contribution >= 0.6 is 11.6 Å². The summed E-state index contributed by atoms with van der Waals surface area (Å²) in [5.74, 6) is -2.40. The van der Waals surface area contributed by atoms with Gasteiger partial charge in [0.05, 0.1) is 18.2 Å². The summed E-state index contributed by atoms with van der Waals surface area (Å²) in [6, 6.07) is 17.5. The fourth-order valence-corrected chi connectivity index (χ4v) is 3.19. The molecule has 0 aliphatic rings. The van der Waals surface area contributed by atoms with Crippen molar-refractivity contribution in [3.8, 4) is 5.75 Å². The average Bonchev–Trinajstić information content (AvgIpc) is 2.85. The minimum Gasteiger partial charge on any atom is -0.496 e. The summed E-state index contributed by atoms with van der Waals surface area (Å²) in [5, 5.41) is 0.310. The lowest BCUT2D eigenvalue weighted by atomic mass is 9.98. The number of hydrogen-bond donors (Lipinski definition) is 2. The number of methoxy groups -OCH3 is 1. The quantitative estimate of drug-likeness (QED) is 0.304. The van der Waals surface area contributed by atoms with Crippen molar-refractivity contribution in [1.29, 1.82) is 0 Å². The first kappa shape index (κ1) is 24.5. The standard InChI is InChI=1S/C25H21ClN2O6/c1-15-7-9-16(10-8-15)23(30)18-5-3-4-6-19(18)25(32)34-14-22(29)27-28-24(31)20-13-17(26)11-12-21(20)33-2/h3-13H,14H2,1-2H3,(H,27,29)(H,28,31). The van der Waals surface area contributed by atoms with Crippen molar-refractivity contribution in [1.82, 2.24) is 10.9 Å². The van der Waals surface area contributed by atoms with Gasteiger partial charge >= 0.3 is 5.97 Å². The molecule has 3 aromatic carbocycles. The number of ketones is 1. The molecule has 0 spiro atoms. The van der Waals surface area contributed by atoms with Crippen LogP contribution in [0.2, 0.25) is 5.02 Å². The van der Waals surface area contributed by atoms with Gasteiger partial charge in [-0.1, -0.05) is 59.6 Å². The Morgan fingerprint density at radius 3 is 2.21 bits per heavy atom. The van der Waals surface area contributed by atoms with Crippen LogP contribution in [0.25, 0.3) is 0 Å². The molecule has 0 bridgehead atoms. The Kier molecular flexibility index (Phi) is 8.00. The van der Waals surface area contributed by atoms with Crippen molar-refractivity contribution in [2.24, 2.45) is 0 Å². The molecular formula is C25H21ClN2O6. The van der Waals surface area contributed by atoms with E-state index in [-0.39, 0.29) is 28.2 Å². The van der Waals surface area contributed by atoms with E-state index in [2.05, 4.69) is 10.9 Å². The molecule has 3 aromatic rings. The molecule has 0 heterocycles. The van der Waals surface area contributed by atoms with Gasteiger partial charge in [-0.3, -0.25) is 25.2 Å².